The number of para-hydroxylation sites is 1. The van der Waals surface area contributed by atoms with E-state index in [1.807, 2.05) is 60.7 Å². The lowest BCUT2D eigenvalue weighted by Gasteiger charge is -2.32. The van der Waals surface area contributed by atoms with E-state index in [0.717, 1.165) is 30.8 Å². The highest BCUT2D eigenvalue weighted by molar-refractivity contribution is 6.30. The number of hydrogen-bond donors (Lipinski definition) is 1. The second kappa shape index (κ2) is 14.5. The number of nitrogens with one attached hydrogen (secondary N) is 1. The van der Waals surface area contributed by atoms with Gasteiger partial charge >= 0.3 is 0 Å². The fraction of sp³-hybridized carbons (Fsp3) is 0.333. The molecule has 8 heteroatoms. The summed E-state index contributed by atoms with van der Waals surface area (Å²) in [4.78, 5) is 31.1. The van der Waals surface area contributed by atoms with E-state index in [0.29, 0.717) is 37.0 Å². The molecule has 1 fully saturated rings. The van der Waals surface area contributed by atoms with Gasteiger partial charge in [-0.15, -0.1) is 0 Å². The van der Waals surface area contributed by atoms with Crippen molar-refractivity contribution in [3.05, 3.63) is 101 Å². The number of morpholine rings is 1. The van der Waals surface area contributed by atoms with Crippen molar-refractivity contribution in [2.75, 3.05) is 46.0 Å². The van der Waals surface area contributed by atoms with Crippen LogP contribution in [0.1, 0.15) is 11.1 Å². The molecule has 1 saturated heterocycles. The highest BCUT2D eigenvalue weighted by Crippen LogP contribution is 2.18. The van der Waals surface area contributed by atoms with Crippen molar-refractivity contribution >= 4 is 23.4 Å². The average Bonchev–Trinajstić information content (AvgIpc) is 2.96. The van der Waals surface area contributed by atoms with Gasteiger partial charge in [0.15, 0.2) is 6.61 Å². The molecule has 1 atom stereocenters. The summed E-state index contributed by atoms with van der Waals surface area (Å²) in [5, 5.41) is 3.69. The lowest BCUT2D eigenvalue weighted by atomic mass is 10.0. The Kier molecular flexibility index (Phi) is 10.6. The number of benzene rings is 3. The Balaban J connectivity index is 1.53. The van der Waals surface area contributed by atoms with Crippen LogP contribution in [-0.2, 0) is 27.3 Å². The predicted molar refractivity (Wildman–Crippen MR) is 148 cm³/mol. The minimum atomic E-state index is -0.718. The summed E-state index contributed by atoms with van der Waals surface area (Å²) in [6.45, 7) is 4.41. The second-order valence-corrected chi connectivity index (χ2v) is 9.64. The smallest absolute Gasteiger partial charge is 0.261 e. The lowest BCUT2D eigenvalue weighted by molar-refractivity contribution is -0.142. The van der Waals surface area contributed by atoms with Crippen LogP contribution in [-0.4, -0.2) is 73.7 Å². The molecule has 7 nitrogen and oxygen atoms in total. The first kappa shape index (κ1) is 27.6. The number of carbonyl (C=O) groups is 2. The quantitative estimate of drug-likeness (QED) is 0.382. The molecule has 200 valence electrons. The van der Waals surface area contributed by atoms with Gasteiger partial charge in [-0.2, -0.15) is 0 Å². The molecule has 0 unspecified atom stereocenters. The van der Waals surface area contributed by atoms with E-state index in [4.69, 9.17) is 21.1 Å². The number of nitrogens with zero attached hydrogens (tertiary/aromatic N) is 2. The topological polar surface area (TPSA) is 71.1 Å². The molecule has 0 aromatic heterocycles. The minimum absolute atomic E-state index is 0.177. The molecule has 3 aromatic carbocycles. The molecule has 2 amide bonds. The zero-order valence-corrected chi connectivity index (χ0v) is 22.2. The molecule has 0 saturated carbocycles. The molecule has 38 heavy (non-hydrogen) atoms. The molecule has 0 spiro atoms. The van der Waals surface area contributed by atoms with Gasteiger partial charge in [-0.3, -0.25) is 14.5 Å². The Morgan fingerprint density at radius 3 is 2.26 bits per heavy atom. The highest BCUT2D eigenvalue weighted by Gasteiger charge is 2.30. The molecule has 1 aliphatic heterocycles. The molecule has 1 heterocycles. The molecule has 0 aliphatic carbocycles. The van der Waals surface area contributed by atoms with E-state index >= 15 is 0 Å². The normalized spacial score (nSPS) is 14.4. The van der Waals surface area contributed by atoms with E-state index in [1.54, 1.807) is 29.2 Å². The van der Waals surface area contributed by atoms with Crippen molar-refractivity contribution < 1.29 is 19.1 Å². The monoisotopic (exact) mass is 535 g/mol. The maximum Gasteiger partial charge on any atom is 0.261 e. The third kappa shape index (κ3) is 8.58. The average molecular weight is 536 g/mol. The number of carbonyl (C=O) groups excluding carboxylic acids is 2. The standard InChI is InChI=1S/C30H34ClN3O4/c31-26-13-11-25(12-14-26)22-34(29(35)23-38-27-9-5-2-6-10-27)28(21-24-7-3-1-4-8-24)30(36)32-15-16-33-17-19-37-20-18-33/h1-14,28H,15-23H2,(H,32,36)/t28-/m0/s1. The van der Waals surface area contributed by atoms with Crippen molar-refractivity contribution in [1.29, 1.82) is 0 Å². The molecule has 3 aromatic rings. The van der Waals surface area contributed by atoms with Gasteiger partial charge < -0.3 is 19.7 Å². The van der Waals surface area contributed by atoms with Gasteiger partial charge in [-0.25, -0.2) is 0 Å². The van der Waals surface area contributed by atoms with Gasteiger partial charge in [0.25, 0.3) is 5.91 Å². The molecule has 4 rings (SSSR count). The highest BCUT2D eigenvalue weighted by atomic mass is 35.5. The maximum atomic E-state index is 13.6. The van der Waals surface area contributed by atoms with Crippen molar-refractivity contribution in [1.82, 2.24) is 15.1 Å². The van der Waals surface area contributed by atoms with Crippen molar-refractivity contribution in [2.24, 2.45) is 0 Å². The van der Waals surface area contributed by atoms with E-state index in [9.17, 15) is 9.59 Å². The second-order valence-electron chi connectivity index (χ2n) is 9.20. The van der Waals surface area contributed by atoms with E-state index in [2.05, 4.69) is 10.2 Å². The largest absolute Gasteiger partial charge is 0.484 e. The molecular weight excluding hydrogens is 502 g/mol. The number of halogens is 1. The minimum Gasteiger partial charge on any atom is -0.484 e. The van der Waals surface area contributed by atoms with Gasteiger partial charge in [0.2, 0.25) is 5.91 Å². The Labute approximate surface area is 229 Å². The summed E-state index contributed by atoms with van der Waals surface area (Å²) in [6.07, 6.45) is 0.384. The Morgan fingerprint density at radius 2 is 1.58 bits per heavy atom. The van der Waals surface area contributed by atoms with Crippen LogP contribution in [0.4, 0.5) is 0 Å². The summed E-state index contributed by atoms with van der Waals surface area (Å²) >= 11 is 6.09. The fourth-order valence-electron chi connectivity index (χ4n) is 4.36. The summed E-state index contributed by atoms with van der Waals surface area (Å²) in [7, 11) is 0. The van der Waals surface area contributed by atoms with Gasteiger partial charge in [0.1, 0.15) is 11.8 Å². The third-order valence-electron chi connectivity index (χ3n) is 6.47. The van der Waals surface area contributed by atoms with Crippen LogP contribution >= 0.6 is 11.6 Å². The Morgan fingerprint density at radius 1 is 0.921 bits per heavy atom. The molecular formula is C30H34ClN3O4. The summed E-state index contributed by atoms with van der Waals surface area (Å²) in [5.41, 5.74) is 1.85. The lowest BCUT2D eigenvalue weighted by Crippen LogP contribution is -2.52. The van der Waals surface area contributed by atoms with Crippen LogP contribution in [0.3, 0.4) is 0 Å². The summed E-state index contributed by atoms with van der Waals surface area (Å²) in [6, 6.07) is 25.5. The summed E-state index contributed by atoms with van der Waals surface area (Å²) < 4.78 is 11.2. The molecule has 1 aliphatic rings. The number of rotatable bonds is 12. The van der Waals surface area contributed by atoms with Crippen LogP contribution in [0.5, 0.6) is 5.75 Å². The predicted octanol–water partition coefficient (Wildman–Crippen LogP) is 3.81. The number of ether oxygens (including phenoxy) is 2. The molecule has 0 bridgehead atoms. The first-order valence-electron chi connectivity index (χ1n) is 12.9. The van der Waals surface area contributed by atoms with Gasteiger partial charge in [0, 0.05) is 44.2 Å². The Bertz CT molecular complexity index is 1140. The van der Waals surface area contributed by atoms with Crippen LogP contribution in [0.2, 0.25) is 5.02 Å². The van der Waals surface area contributed by atoms with Crippen LogP contribution in [0.15, 0.2) is 84.9 Å². The van der Waals surface area contributed by atoms with Crippen molar-refractivity contribution in [2.45, 2.75) is 19.0 Å². The van der Waals surface area contributed by atoms with E-state index in [1.165, 1.54) is 0 Å². The fourth-order valence-corrected chi connectivity index (χ4v) is 4.49. The van der Waals surface area contributed by atoms with Crippen molar-refractivity contribution in [3.8, 4) is 5.75 Å². The van der Waals surface area contributed by atoms with Gasteiger partial charge in [0.05, 0.1) is 13.2 Å². The zero-order valence-electron chi connectivity index (χ0n) is 21.4. The van der Waals surface area contributed by atoms with E-state index < -0.39 is 6.04 Å². The SMILES string of the molecule is O=C(NCCN1CCOCC1)[C@H](Cc1ccccc1)N(Cc1ccc(Cl)cc1)C(=O)COc1ccccc1. The first-order chi connectivity index (χ1) is 18.6. The van der Waals surface area contributed by atoms with Crippen LogP contribution in [0.25, 0.3) is 0 Å². The molecule has 1 N–H and O–H groups in total. The van der Waals surface area contributed by atoms with Crippen LogP contribution < -0.4 is 10.1 Å². The maximum absolute atomic E-state index is 13.6. The molecule has 0 radical (unpaired) electrons. The number of amides is 2. The third-order valence-corrected chi connectivity index (χ3v) is 6.73. The Hall–Kier alpha value is -3.39. The van der Waals surface area contributed by atoms with Gasteiger partial charge in [-0.1, -0.05) is 72.3 Å². The van der Waals surface area contributed by atoms with E-state index in [-0.39, 0.29) is 25.0 Å². The van der Waals surface area contributed by atoms with Gasteiger partial charge in [-0.05, 0) is 35.4 Å². The van der Waals surface area contributed by atoms with Crippen molar-refractivity contribution in [3.63, 3.8) is 0 Å². The van der Waals surface area contributed by atoms with Crippen LogP contribution in [0, 0.1) is 0 Å². The zero-order chi connectivity index (χ0) is 26.6. The summed E-state index contributed by atoms with van der Waals surface area (Å²) in [5.74, 6) is 0.138. The first-order valence-corrected chi connectivity index (χ1v) is 13.3. The number of hydrogen-bond acceptors (Lipinski definition) is 5.